The van der Waals surface area contributed by atoms with E-state index < -0.39 is 78.1 Å². The first-order chi connectivity index (χ1) is 25.7. The van der Waals surface area contributed by atoms with Gasteiger partial charge in [0.15, 0.2) is 30.4 Å². The smallest absolute Gasteiger partial charge is 0.857 e. The van der Waals surface area contributed by atoms with Gasteiger partial charge >= 0.3 is 46.9 Å². The van der Waals surface area contributed by atoms with Gasteiger partial charge in [-0.3, -0.25) is 13.9 Å². The standard InChI is InChI=1S/C25H24FN3O5.C10H14FN3O4.CH3O.Na/c1-3-18-20(26)25(2,34-22(31)17-12-8-5-9-13-17)23(33-18)29-15-14-19(28-24(29)32)27-21(30)16-10-6-4-7-11-16;1-10(17)7(11)5(4-15)18-8(10)14-3-2-6(12)13-9(14)16;1-2;/h4-15,18,20,23H,3H2,1-2H3,(H,27,28,30,32);2-3,5,7-8,15,17H,4H2,1H3,(H2,12,13,16);1H3;/q;;-1;+1/t18-,20-,23-,25-;5-,7-,8-,10-;;/m11../s1. The molecule has 6 rings (SSSR count). The summed E-state index contributed by atoms with van der Waals surface area (Å²) in [4.78, 5) is 56.9. The number of aliphatic hydroxyl groups excluding tert-OH is 1. The normalized spacial score (nSPS) is 26.6. The SMILES string of the molecule is CC[C@H]1O[C@@H](n2ccc(NC(=O)c3ccccc3)nc2=O)[C@](C)(OC(=O)c2ccccc2)[C@@H]1F.C[C@@]1(O)[C@H](F)[C@@H](CO)O[C@H]1n1ccc(N)nc1=O.C[O-].[Na+]. The van der Waals surface area contributed by atoms with Crippen LogP contribution in [0, 0.1) is 0 Å². The van der Waals surface area contributed by atoms with E-state index in [-0.39, 0.29) is 46.8 Å². The summed E-state index contributed by atoms with van der Waals surface area (Å²) in [5, 5.41) is 29.8. The molecule has 2 saturated heterocycles. The van der Waals surface area contributed by atoms with Gasteiger partial charge in [0.2, 0.25) is 0 Å². The Balaban J connectivity index is 0.000000327. The van der Waals surface area contributed by atoms with Gasteiger partial charge in [-0.1, -0.05) is 43.3 Å². The number of aromatic nitrogens is 4. The molecule has 4 heterocycles. The summed E-state index contributed by atoms with van der Waals surface area (Å²) in [6.07, 6.45) is -5.17. The van der Waals surface area contributed by atoms with E-state index in [1.807, 2.05) is 0 Å². The van der Waals surface area contributed by atoms with Crippen LogP contribution in [0.5, 0.6) is 0 Å². The second kappa shape index (κ2) is 19.5. The van der Waals surface area contributed by atoms with Crippen LogP contribution in [-0.2, 0) is 14.2 Å². The molecule has 2 fully saturated rings. The molecule has 8 atom stereocenters. The zero-order valence-corrected chi connectivity index (χ0v) is 32.7. The van der Waals surface area contributed by atoms with E-state index in [2.05, 4.69) is 15.3 Å². The molecule has 2 aliphatic heterocycles. The van der Waals surface area contributed by atoms with Crippen LogP contribution < -0.4 is 57.1 Å². The Morgan fingerprint density at radius 2 is 1.40 bits per heavy atom. The third kappa shape index (κ3) is 9.89. The van der Waals surface area contributed by atoms with Gasteiger partial charge in [0.1, 0.15) is 23.3 Å². The molecule has 0 unspecified atom stereocenters. The first-order valence-corrected chi connectivity index (χ1v) is 16.6. The molecule has 2 aliphatic rings. The van der Waals surface area contributed by atoms with Crippen molar-refractivity contribution in [1.82, 2.24) is 19.1 Å². The zero-order chi connectivity index (χ0) is 39.8. The number of aliphatic hydroxyl groups is 2. The van der Waals surface area contributed by atoms with Crippen molar-refractivity contribution in [2.45, 2.75) is 75.4 Å². The number of nitrogen functional groups attached to an aromatic ring is 1. The number of carbonyl (C=O) groups excluding carboxylic acids is 2. The molecular weight excluding hydrogens is 737 g/mol. The zero-order valence-electron chi connectivity index (χ0n) is 30.7. The largest absolute Gasteiger partial charge is 1.00 e. The fraction of sp³-hybridized carbons (Fsp3) is 0.389. The molecule has 16 nitrogen and oxygen atoms in total. The van der Waals surface area contributed by atoms with E-state index in [0.717, 1.165) is 16.2 Å². The Bertz CT molecular complexity index is 2010. The summed E-state index contributed by atoms with van der Waals surface area (Å²) in [6, 6.07) is 19.4. The molecule has 0 aliphatic carbocycles. The molecule has 2 aromatic heterocycles. The maximum atomic E-state index is 15.4. The summed E-state index contributed by atoms with van der Waals surface area (Å²) in [5.41, 5.74) is 0.716. The van der Waals surface area contributed by atoms with Gasteiger partial charge < -0.3 is 40.6 Å². The number of benzene rings is 2. The van der Waals surface area contributed by atoms with E-state index in [1.54, 1.807) is 67.6 Å². The molecule has 4 aromatic rings. The summed E-state index contributed by atoms with van der Waals surface area (Å²) in [6.45, 7) is 3.74. The Labute approximate surface area is 336 Å². The number of rotatable bonds is 8. The number of nitrogens with zero attached hydrogens (tertiary/aromatic N) is 4. The van der Waals surface area contributed by atoms with Crippen molar-refractivity contribution in [3.8, 4) is 0 Å². The molecular formula is C36H41F2N6NaO10. The van der Waals surface area contributed by atoms with Crippen molar-refractivity contribution in [3.63, 3.8) is 0 Å². The van der Waals surface area contributed by atoms with Crippen molar-refractivity contribution in [2.75, 3.05) is 24.8 Å². The number of anilines is 2. The predicted molar refractivity (Wildman–Crippen MR) is 188 cm³/mol. The van der Waals surface area contributed by atoms with Gasteiger partial charge in [0.05, 0.1) is 18.3 Å². The number of nitrogens with two attached hydrogens (primary N) is 1. The third-order valence-corrected chi connectivity index (χ3v) is 8.73. The van der Waals surface area contributed by atoms with Crippen molar-refractivity contribution in [2.24, 2.45) is 0 Å². The fourth-order valence-electron chi connectivity index (χ4n) is 5.87. The van der Waals surface area contributed by atoms with E-state index in [1.165, 1.54) is 38.4 Å². The second-order valence-electron chi connectivity index (χ2n) is 12.5. The Morgan fingerprint density at radius 1 is 0.873 bits per heavy atom. The number of esters is 1. The van der Waals surface area contributed by atoms with Crippen LogP contribution in [0.1, 0.15) is 60.4 Å². The second-order valence-corrected chi connectivity index (χ2v) is 12.5. The Hall–Kier alpha value is -4.40. The van der Waals surface area contributed by atoms with Crippen LogP contribution in [0.4, 0.5) is 20.4 Å². The van der Waals surface area contributed by atoms with Gasteiger partial charge in [0, 0.05) is 18.0 Å². The van der Waals surface area contributed by atoms with Gasteiger partial charge in [-0.2, -0.15) is 17.1 Å². The van der Waals surface area contributed by atoms with Crippen molar-refractivity contribution in [1.29, 1.82) is 0 Å². The van der Waals surface area contributed by atoms with E-state index in [0.29, 0.717) is 12.0 Å². The number of alkyl halides is 2. The van der Waals surface area contributed by atoms with Crippen LogP contribution in [-0.4, -0.2) is 90.7 Å². The van der Waals surface area contributed by atoms with Crippen LogP contribution >= 0.6 is 0 Å². The molecule has 0 spiro atoms. The minimum Gasteiger partial charge on any atom is -0.857 e. The topological polar surface area (TPSA) is 233 Å². The van der Waals surface area contributed by atoms with Crippen molar-refractivity contribution < 1.29 is 77.5 Å². The number of nitrogens with one attached hydrogen (secondary N) is 1. The minimum atomic E-state index is -1.94. The van der Waals surface area contributed by atoms with Crippen LogP contribution in [0.3, 0.4) is 0 Å². The number of carbonyl (C=O) groups is 2. The number of amides is 1. The van der Waals surface area contributed by atoms with E-state index in [9.17, 15) is 28.7 Å². The van der Waals surface area contributed by atoms with Crippen LogP contribution in [0.15, 0.2) is 94.8 Å². The summed E-state index contributed by atoms with van der Waals surface area (Å²) >= 11 is 0. The van der Waals surface area contributed by atoms with Crippen molar-refractivity contribution in [3.05, 3.63) is 117 Å². The monoisotopic (exact) mass is 778 g/mol. The van der Waals surface area contributed by atoms with Gasteiger partial charge in [-0.25, -0.2) is 23.2 Å². The fourth-order valence-corrected chi connectivity index (χ4v) is 5.87. The average molecular weight is 779 g/mol. The molecule has 1 amide bonds. The molecule has 0 saturated carbocycles. The van der Waals surface area contributed by atoms with Gasteiger partial charge in [-0.15, -0.1) is 0 Å². The van der Waals surface area contributed by atoms with Crippen molar-refractivity contribution >= 4 is 23.5 Å². The molecule has 55 heavy (non-hydrogen) atoms. The number of ether oxygens (including phenoxy) is 3. The number of hydrogen-bond donors (Lipinski definition) is 4. The Kier molecular flexibility index (Phi) is 15.9. The van der Waals surface area contributed by atoms with Gasteiger partial charge in [-0.05, 0) is 56.7 Å². The summed E-state index contributed by atoms with van der Waals surface area (Å²) in [5.74, 6) is -1.12. The van der Waals surface area contributed by atoms with E-state index in [4.69, 9.17) is 30.2 Å². The van der Waals surface area contributed by atoms with Gasteiger partial charge in [0.25, 0.3) is 5.91 Å². The molecule has 5 N–H and O–H groups in total. The van der Waals surface area contributed by atoms with Crippen LogP contribution in [0.2, 0.25) is 0 Å². The number of hydrogen-bond acceptors (Lipinski definition) is 13. The predicted octanol–water partition coefficient (Wildman–Crippen LogP) is -1.46. The summed E-state index contributed by atoms with van der Waals surface area (Å²) < 4.78 is 47.8. The maximum absolute atomic E-state index is 15.4. The average Bonchev–Trinajstić information content (AvgIpc) is 3.55. The molecule has 0 radical (unpaired) electrons. The first-order valence-electron chi connectivity index (χ1n) is 16.6. The molecule has 2 aromatic carbocycles. The quantitative estimate of drug-likeness (QED) is 0.119. The third-order valence-electron chi connectivity index (χ3n) is 8.73. The van der Waals surface area contributed by atoms with E-state index >= 15 is 4.39 Å². The summed E-state index contributed by atoms with van der Waals surface area (Å²) in [7, 11) is 0.750. The molecule has 19 heteroatoms. The Morgan fingerprint density at radius 3 is 1.93 bits per heavy atom. The molecule has 0 bridgehead atoms. The van der Waals surface area contributed by atoms with Crippen LogP contribution in [0.25, 0.3) is 0 Å². The maximum Gasteiger partial charge on any atom is 1.00 e. The first kappa shape index (κ1) is 45.0. The minimum absolute atomic E-state index is 0. The number of halogens is 2. The molecule has 290 valence electrons.